The summed E-state index contributed by atoms with van der Waals surface area (Å²) >= 11 is 6.76. The summed E-state index contributed by atoms with van der Waals surface area (Å²) in [5.74, 6) is 0.0585. The van der Waals surface area contributed by atoms with Gasteiger partial charge in [0.05, 0.1) is 34.6 Å². The Morgan fingerprint density at radius 3 is 2.73 bits per heavy atom. The second-order valence-corrected chi connectivity index (χ2v) is 8.45. The highest BCUT2D eigenvalue weighted by molar-refractivity contribution is 6.34. The number of nitrogens with one attached hydrogen (secondary N) is 3. The summed E-state index contributed by atoms with van der Waals surface area (Å²) in [6.07, 6.45) is 3.47. The first kappa shape index (κ1) is 20.6. The van der Waals surface area contributed by atoms with Crippen LogP contribution in [0, 0.1) is 12.3 Å². The van der Waals surface area contributed by atoms with Crippen LogP contribution in [0.2, 0.25) is 5.02 Å². The summed E-state index contributed by atoms with van der Waals surface area (Å²) in [7, 11) is 0. The van der Waals surface area contributed by atoms with Gasteiger partial charge in [0.15, 0.2) is 5.96 Å². The summed E-state index contributed by atoms with van der Waals surface area (Å²) in [6.45, 7) is 5.08. The van der Waals surface area contributed by atoms with Crippen LogP contribution in [0.1, 0.15) is 37.4 Å². The van der Waals surface area contributed by atoms with Crippen LogP contribution in [0.25, 0.3) is 0 Å². The summed E-state index contributed by atoms with van der Waals surface area (Å²) in [5.41, 5.74) is 2.50. The van der Waals surface area contributed by atoms with Crippen molar-refractivity contribution < 1.29 is 9.53 Å². The number of halogens is 1. The number of amides is 1. The molecule has 3 N–H and O–H groups in total. The van der Waals surface area contributed by atoms with Gasteiger partial charge in [0, 0.05) is 24.9 Å². The van der Waals surface area contributed by atoms with E-state index in [1.165, 1.54) is 0 Å². The lowest BCUT2D eigenvalue weighted by molar-refractivity contribution is -0.133. The van der Waals surface area contributed by atoms with E-state index in [0.717, 1.165) is 35.5 Å². The van der Waals surface area contributed by atoms with Gasteiger partial charge in [-0.3, -0.25) is 20.1 Å². The Kier molecular flexibility index (Phi) is 5.66. The fourth-order valence-electron chi connectivity index (χ4n) is 4.12. The molecule has 3 heterocycles. The average Bonchev–Trinajstić information content (AvgIpc) is 2.71. The molecular weight excluding hydrogens is 402 g/mol. The first-order valence-electron chi connectivity index (χ1n) is 10.1. The number of pyridine rings is 1. The van der Waals surface area contributed by atoms with Gasteiger partial charge in [0.25, 0.3) is 0 Å². The molecule has 7 nitrogen and oxygen atoms in total. The van der Waals surface area contributed by atoms with Crippen molar-refractivity contribution in [1.82, 2.24) is 15.2 Å². The summed E-state index contributed by atoms with van der Waals surface area (Å²) in [5, 5.41) is 15.6. The Morgan fingerprint density at radius 1 is 1.30 bits per heavy atom. The number of rotatable bonds is 4. The van der Waals surface area contributed by atoms with Crippen LogP contribution < -0.4 is 10.6 Å². The molecule has 1 aromatic carbocycles. The molecule has 2 saturated heterocycles. The van der Waals surface area contributed by atoms with Crippen molar-refractivity contribution in [3.05, 3.63) is 52.8 Å². The van der Waals surface area contributed by atoms with Gasteiger partial charge in [0.2, 0.25) is 5.91 Å². The van der Waals surface area contributed by atoms with Crippen LogP contribution in [0.3, 0.4) is 0 Å². The maximum atomic E-state index is 13.0. The van der Waals surface area contributed by atoms with Gasteiger partial charge in [-0.05, 0) is 50.5 Å². The summed E-state index contributed by atoms with van der Waals surface area (Å²) < 4.78 is 5.40. The molecule has 0 radical (unpaired) electrons. The molecular formula is C22H26ClN5O2. The van der Waals surface area contributed by atoms with Crippen molar-refractivity contribution in [1.29, 1.82) is 5.41 Å². The fourth-order valence-corrected chi connectivity index (χ4v) is 4.50. The number of guanidine groups is 1. The lowest BCUT2D eigenvalue weighted by Gasteiger charge is -2.45. The van der Waals surface area contributed by atoms with Gasteiger partial charge < -0.3 is 15.4 Å². The lowest BCUT2D eigenvalue weighted by atomic mass is 9.85. The van der Waals surface area contributed by atoms with Gasteiger partial charge in [-0.2, -0.15) is 0 Å². The molecule has 8 heteroatoms. The van der Waals surface area contributed by atoms with Gasteiger partial charge in [-0.1, -0.05) is 23.7 Å². The van der Waals surface area contributed by atoms with E-state index in [9.17, 15) is 4.79 Å². The third-order valence-corrected chi connectivity index (χ3v) is 6.16. The number of carbonyl (C=O) groups is 1. The van der Waals surface area contributed by atoms with E-state index in [0.29, 0.717) is 18.2 Å². The number of nitrogens with zero attached hydrogens (tertiary/aromatic N) is 2. The third-order valence-electron chi connectivity index (χ3n) is 5.75. The van der Waals surface area contributed by atoms with Gasteiger partial charge in [-0.25, -0.2) is 0 Å². The molecule has 2 aromatic rings. The number of anilines is 2. The minimum atomic E-state index is -0.768. The lowest BCUT2D eigenvalue weighted by Crippen LogP contribution is -2.62. The summed E-state index contributed by atoms with van der Waals surface area (Å²) in [6, 6.07) is 9.56. The SMILES string of the molecule is Cc1ccc(Nc2cccc([C@]3(C)CC(=O)N(C4CCOCC4)C(=N)N3)c2Cl)cn1. The van der Waals surface area contributed by atoms with Gasteiger partial charge in [0.1, 0.15) is 0 Å². The van der Waals surface area contributed by atoms with Gasteiger partial charge >= 0.3 is 0 Å². The zero-order valence-electron chi connectivity index (χ0n) is 17.2. The first-order chi connectivity index (χ1) is 14.4. The number of aryl methyl sites for hydroxylation is 1. The van der Waals surface area contributed by atoms with E-state index in [-0.39, 0.29) is 24.3 Å². The zero-order chi connectivity index (χ0) is 21.3. The van der Waals surface area contributed by atoms with Crippen molar-refractivity contribution in [2.24, 2.45) is 0 Å². The minimum absolute atomic E-state index is 0.00769. The first-order valence-corrected chi connectivity index (χ1v) is 10.5. The molecule has 2 fully saturated rings. The van der Waals surface area contributed by atoms with Crippen molar-refractivity contribution in [2.45, 2.75) is 44.7 Å². The highest BCUT2D eigenvalue weighted by atomic mass is 35.5. The highest BCUT2D eigenvalue weighted by Gasteiger charge is 2.43. The number of aromatic nitrogens is 1. The maximum Gasteiger partial charge on any atom is 0.232 e. The van der Waals surface area contributed by atoms with Crippen LogP contribution in [-0.2, 0) is 15.1 Å². The molecule has 158 valence electrons. The molecule has 4 rings (SSSR count). The predicted molar refractivity (Wildman–Crippen MR) is 117 cm³/mol. The summed E-state index contributed by atoms with van der Waals surface area (Å²) in [4.78, 5) is 18.9. The van der Waals surface area contributed by atoms with Crippen LogP contribution in [0.4, 0.5) is 11.4 Å². The number of hydrogen-bond acceptors (Lipinski definition) is 5. The molecule has 30 heavy (non-hydrogen) atoms. The van der Waals surface area contributed by atoms with Crippen molar-refractivity contribution >= 4 is 34.8 Å². The largest absolute Gasteiger partial charge is 0.381 e. The number of ether oxygens (including phenoxy) is 1. The normalized spacial score (nSPS) is 22.7. The van der Waals surface area contributed by atoms with E-state index in [1.54, 1.807) is 11.1 Å². The van der Waals surface area contributed by atoms with E-state index < -0.39 is 5.54 Å². The molecule has 2 aliphatic rings. The molecule has 2 aliphatic heterocycles. The molecule has 0 unspecified atom stereocenters. The molecule has 1 aromatic heterocycles. The number of hydrogen-bond donors (Lipinski definition) is 3. The van der Waals surface area contributed by atoms with Crippen LogP contribution >= 0.6 is 11.6 Å². The maximum absolute atomic E-state index is 13.0. The number of carbonyl (C=O) groups excluding carboxylic acids is 1. The molecule has 0 spiro atoms. The third kappa shape index (κ3) is 4.00. The topological polar surface area (TPSA) is 90.3 Å². The van der Waals surface area contributed by atoms with E-state index in [2.05, 4.69) is 15.6 Å². The molecule has 0 saturated carbocycles. The van der Waals surface area contributed by atoms with Gasteiger partial charge in [-0.15, -0.1) is 0 Å². The van der Waals surface area contributed by atoms with Crippen molar-refractivity contribution in [2.75, 3.05) is 18.5 Å². The van der Waals surface area contributed by atoms with Crippen LogP contribution in [-0.4, -0.2) is 41.0 Å². The Balaban J connectivity index is 1.58. The van der Waals surface area contributed by atoms with Crippen molar-refractivity contribution in [3.63, 3.8) is 0 Å². The molecule has 0 bridgehead atoms. The second kappa shape index (κ2) is 8.24. The Morgan fingerprint density at radius 2 is 2.07 bits per heavy atom. The highest BCUT2D eigenvalue weighted by Crippen LogP contribution is 2.39. The minimum Gasteiger partial charge on any atom is -0.381 e. The molecule has 0 aliphatic carbocycles. The number of benzene rings is 1. The average molecular weight is 428 g/mol. The molecule has 1 amide bonds. The van der Waals surface area contributed by atoms with Crippen LogP contribution in [0.5, 0.6) is 0 Å². The Hall–Kier alpha value is -2.64. The van der Waals surface area contributed by atoms with Crippen molar-refractivity contribution in [3.8, 4) is 0 Å². The van der Waals surface area contributed by atoms with Crippen LogP contribution in [0.15, 0.2) is 36.5 Å². The van der Waals surface area contributed by atoms with E-state index in [1.807, 2.05) is 44.2 Å². The quantitative estimate of drug-likeness (QED) is 0.687. The van der Waals surface area contributed by atoms with E-state index in [4.69, 9.17) is 21.7 Å². The second-order valence-electron chi connectivity index (χ2n) is 8.07. The monoisotopic (exact) mass is 427 g/mol. The fraction of sp³-hybridized carbons (Fsp3) is 0.409. The molecule has 1 atom stereocenters. The smallest absolute Gasteiger partial charge is 0.232 e. The Bertz CT molecular complexity index is 939. The zero-order valence-corrected chi connectivity index (χ0v) is 17.9. The standard InChI is InChI=1S/C22H26ClN5O2/c1-14-6-7-15(13-25-14)26-18-5-3-4-17(20(18)23)22(2)12-19(29)28(21(24)27-22)16-8-10-30-11-9-16/h3-7,13,16,26H,8-12H2,1-2H3,(H2,24,27)/t22-/m0/s1. The Labute approximate surface area is 181 Å². The predicted octanol–water partition coefficient (Wildman–Crippen LogP) is 3.94. The van der Waals surface area contributed by atoms with E-state index >= 15 is 0 Å².